The molecule has 0 saturated heterocycles. The zero-order chi connectivity index (χ0) is 13.2. The number of carboxylic acid groups (broad SMARTS) is 1. The van der Waals surface area contributed by atoms with Crippen molar-refractivity contribution < 1.29 is 18.3 Å². The van der Waals surface area contributed by atoms with Gasteiger partial charge in [-0.3, -0.25) is 9.52 Å². The van der Waals surface area contributed by atoms with Gasteiger partial charge in [-0.2, -0.15) is 0 Å². The number of carboxylic acids is 1. The van der Waals surface area contributed by atoms with Gasteiger partial charge < -0.3 is 5.11 Å². The Morgan fingerprint density at radius 3 is 2.65 bits per heavy atom. The number of hydrogen-bond acceptors (Lipinski definition) is 4. The smallest absolute Gasteiger partial charge is 0.323 e. The third kappa shape index (κ3) is 3.07. The highest BCUT2D eigenvalue weighted by atomic mass is 35.5. The third-order valence-electron chi connectivity index (χ3n) is 2.17. The van der Waals surface area contributed by atoms with E-state index in [1.54, 1.807) is 13.0 Å². The van der Waals surface area contributed by atoms with Crippen molar-refractivity contribution in [2.75, 3.05) is 4.72 Å². The Morgan fingerprint density at radius 2 is 2.18 bits per heavy atom. The number of pyridine rings is 1. The van der Waals surface area contributed by atoms with Crippen LogP contribution >= 0.6 is 11.6 Å². The van der Waals surface area contributed by atoms with Crippen molar-refractivity contribution >= 4 is 33.3 Å². The van der Waals surface area contributed by atoms with Crippen LogP contribution in [0.1, 0.15) is 12.5 Å². The first-order valence-electron chi connectivity index (χ1n) is 4.61. The van der Waals surface area contributed by atoms with Crippen LogP contribution in [0.3, 0.4) is 0 Å². The lowest BCUT2D eigenvalue weighted by molar-refractivity contribution is -0.136. The first kappa shape index (κ1) is 13.7. The van der Waals surface area contributed by atoms with Crippen LogP contribution in [0.25, 0.3) is 0 Å². The number of aliphatic carboxylic acids is 1. The first-order valence-corrected chi connectivity index (χ1v) is 6.53. The van der Waals surface area contributed by atoms with E-state index in [1.807, 2.05) is 0 Å². The summed E-state index contributed by atoms with van der Waals surface area (Å²) in [7, 11) is -4.03. The van der Waals surface area contributed by atoms with Gasteiger partial charge in [-0.05, 0) is 25.5 Å². The van der Waals surface area contributed by atoms with Crippen LogP contribution in [0.15, 0.2) is 12.3 Å². The maximum absolute atomic E-state index is 11.7. The van der Waals surface area contributed by atoms with E-state index < -0.39 is 21.2 Å². The largest absolute Gasteiger partial charge is 0.480 e. The van der Waals surface area contributed by atoms with E-state index in [1.165, 1.54) is 6.20 Å². The van der Waals surface area contributed by atoms with Crippen LogP contribution in [0.2, 0.25) is 5.15 Å². The van der Waals surface area contributed by atoms with Crippen LogP contribution in [0, 0.1) is 6.92 Å². The van der Waals surface area contributed by atoms with Crippen molar-refractivity contribution in [2.45, 2.75) is 19.1 Å². The van der Waals surface area contributed by atoms with Gasteiger partial charge in [0.1, 0.15) is 0 Å². The highest BCUT2D eigenvalue weighted by molar-refractivity contribution is 7.94. The van der Waals surface area contributed by atoms with Gasteiger partial charge >= 0.3 is 5.97 Å². The molecule has 1 heterocycles. The molecule has 2 N–H and O–H groups in total. The minimum absolute atomic E-state index is 0.0221. The lowest BCUT2D eigenvalue weighted by atomic mass is 10.3. The van der Waals surface area contributed by atoms with Crippen molar-refractivity contribution in [3.05, 3.63) is 23.0 Å². The maximum Gasteiger partial charge on any atom is 0.323 e. The summed E-state index contributed by atoms with van der Waals surface area (Å²) in [6.07, 6.45) is 1.43. The SMILES string of the molecule is Cc1ccnc(Cl)c1NS(=O)(=O)C(C)C(=O)O. The second-order valence-corrected chi connectivity index (χ2v) is 5.78. The summed E-state index contributed by atoms with van der Waals surface area (Å²) in [6.45, 7) is 2.71. The number of anilines is 1. The number of aromatic nitrogens is 1. The molecule has 1 rings (SSSR count). The maximum atomic E-state index is 11.7. The summed E-state index contributed by atoms with van der Waals surface area (Å²) < 4.78 is 25.5. The van der Waals surface area contributed by atoms with Crippen molar-refractivity contribution in [1.29, 1.82) is 0 Å². The van der Waals surface area contributed by atoms with E-state index in [-0.39, 0.29) is 10.8 Å². The molecule has 0 fully saturated rings. The van der Waals surface area contributed by atoms with Gasteiger partial charge in [-0.1, -0.05) is 11.6 Å². The van der Waals surface area contributed by atoms with Gasteiger partial charge in [0.05, 0.1) is 5.69 Å². The molecule has 0 spiro atoms. The Hall–Kier alpha value is -1.34. The number of nitrogens with zero attached hydrogens (tertiary/aromatic N) is 1. The fourth-order valence-electron chi connectivity index (χ4n) is 1.01. The van der Waals surface area contributed by atoms with Gasteiger partial charge in [-0.15, -0.1) is 0 Å². The van der Waals surface area contributed by atoms with E-state index in [9.17, 15) is 13.2 Å². The fourth-order valence-corrected chi connectivity index (χ4v) is 2.30. The van der Waals surface area contributed by atoms with E-state index in [0.717, 1.165) is 6.92 Å². The molecule has 0 aliphatic rings. The molecule has 0 amide bonds. The quantitative estimate of drug-likeness (QED) is 0.808. The van der Waals surface area contributed by atoms with E-state index in [4.69, 9.17) is 16.7 Å². The summed E-state index contributed by atoms with van der Waals surface area (Å²) in [5.41, 5.74) is 0.661. The second kappa shape index (κ2) is 4.89. The summed E-state index contributed by atoms with van der Waals surface area (Å²) in [6, 6.07) is 1.56. The summed E-state index contributed by atoms with van der Waals surface area (Å²) in [4.78, 5) is 14.4. The second-order valence-electron chi connectivity index (χ2n) is 3.42. The molecule has 1 atom stereocenters. The Morgan fingerprint density at radius 1 is 1.59 bits per heavy atom. The highest BCUT2D eigenvalue weighted by Crippen LogP contribution is 2.24. The minimum atomic E-state index is -4.03. The van der Waals surface area contributed by atoms with Crippen LogP contribution in [-0.2, 0) is 14.8 Å². The van der Waals surface area contributed by atoms with Crippen molar-refractivity contribution in [3.63, 3.8) is 0 Å². The summed E-state index contributed by atoms with van der Waals surface area (Å²) in [5, 5.41) is 7.07. The monoisotopic (exact) mass is 278 g/mol. The molecule has 0 saturated carbocycles. The van der Waals surface area contributed by atoms with Gasteiger partial charge in [0, 0.05) is 6.20 Å². The molecular formula is C9H11ClN2O4S. The topological polar surface area (TPSA) is 96.4 Å². The number of sulfonamides is 1. The van der Waals surface area contributed by atoms with E-state index in [0.29, 0.717) is 5.56 Å². The number of rotatable bonds is 4. The standard InChI is InChI=1S/C9H11ClN2O4S/c1-5-3-4-11-8(10)7(5)12-17(15,16)6(2)9(13)14/h3-4,6,12H,1-2H3,(H,13,14). The molecule has 1 unspecified atom stereocenters. The van der Waals surface area contributed by atoms with Gasteiger partial charge in [0.15, 0.2) is 10.4 Å². The molecule has 8 heteroatoms. The number of nitrogens with one attached hydrogen (secondary N) is 1. The van der Waals surface area contributed by atoms with Gasteiger partial charge in [0.2, 0.25) is 10.0 Å². The summed E-state index contributed by atoms with van der Waals surface area (Å²) in [5.74, 6) is -1.44. The molecule has 94 valence electrons. The van der Waals surface area contributed by atoms with Gasteiger partial charge in [-0.25, -0.2) is 13.4 Å². The number of carbonyl (C=O) groups is 1. The number of hydrogen-bond donors (Lipinski definition) is 2. The molecule has 0 aliphatic carbocycles. The average molecular weight is 279 g/mol. The minimum Gasteiger partial charge on any atom is -0.480 e. The highest BCUT2D eigenvalue weighted by Gasteiger charge is 2.28. The molecule has 0 aliphatic heterocycles. The summed E-state index contributed by atoms with van der Waals surface area (Å²) >= 11 is 5.73. The zero-order valence-corrected chi connectivity index (χ0v) is 10.7. The van der Waals surface area contributed by atoms with Crippen LogP contribution in [0.5, 0.6) is 0 Å². The number of aryl methyl sites for hydroxylation is 1. The fraction of sp³-hybridized carbons (Fsp3) is 0.333. The third-order valence-corrected chi connectivity index (χ3v) is 4.08. The molecule has 6 nitrogen and oxygen atoms in total. The Balaban J connectivity index is 3.11. The molecule has 1 aromatic rings. The van der Waals surface area contributed by atoms with Gasteiger partial charge in [0.25, 0.3) is 0 Å². The molecule has 17 heavy (non-hydrogen) atoms. The lowest BCUT2D eigenvalue weighted by Gasteiger charge is -2.13. The number of halogens is 1. The van der Waals surface area contributed by atoms with E-state index >= 15 is 0 Å². The normalized spacial score (nSPS) is 13.1. The van der Waals surface area contributed by atoms with Crippen LogP contribution in [0.4, 0.5) is 5.69 Å². The Labute approximate surface area is 104 Å². The average Bonchev–Trinajstić information content (AvgIpc) is 2.22. The molecule has 0 radical (unpaired) electrons. The predicted octanol–water partition coefficient (Wildman–Crippen LogP) is 1.26. The molecule has 0 bridgehead atoms. The lowest BCUT2D eigenvalue weighted by Crippen LogP contribution is -2.32. The van der Waals surface area contributed by atoms with Crippen molar-refractivity contribution in [1.82, 2.24) is 4.98 Å². The van der Waals surface area contributed by atoms with Crippen molar-refractivity contribution in [2.24, 2.45) is 0 Å². The molecule has 0 aromatic carbocycles. The molecule has 1 aromatic heterocycles. The Bertz CT molecular complexity index is 524. The van der Waals surface area contributed by atoms with Crippen molar-refractivity contribution in [3.8, 4) is 0 Å². The zero-order valence-electron chi connectivity index (χ0n) is 9.14. The van der Waals surface area contributed by atoms with Crippen LogP contribution < -0.4 is 4.72 Å². The Kier molecular flexibility index (Phi) is 3.94. The predicted molar refractivity (Wildman–Crippen MR) is 63.6 cm³/mol. The molecular weight excluding hydrogens is 268 g/mol. The van der Waals surface area contributed by atoms with Crippen LogP contribution in [-0.4, -0.2) is 29.7 Å². The first-order chi connectivity index (χ1) is 7.75. The van der Waals surface area contributed by atoms with E-state index in [2.05, 4.69) is 9.71 Å².